The van der Waals surface area contributed by atoms with Crippen LogP contribution in [0.5, 0.6) is 5.75 Å². The fourth-order valence-corrected chi connectivity index (χ4v) is 2.89. The zero-order valence-corrected chi connectivity index (χ0v) is 12.5. The molecular weight excluding hydrogens is 262 g/mol. The van der Waals surface area contributed by atoms with Crippen LogP contribution in [0.25, 0.3) is 0 Å². The summed E-state index contributed by atoms with van der Waals surface area (Å²) in [4.78, 5) is 0. The van der Waals surface area contributed by atoms with Crippen molar-refractivity contribution in [2.24, 2.45) is 0 Å². The molecule has 1 atom stereocenters. The Bertz CT molecular complexity index is 552. The summed E-state index contributed by atoms with van der Waals surface area (Å²) >= 11 is 0. The van der Waals surface area contributed by atoms with Crippen molar-refractivity contribution < 1.29 is 13.2 Å². The maximum Gasteiger partial charge on any atom is 0.148 e. The predicted octanol–water partition coefficient (Wildman–Crippen LogP) is 1.92. The summed E-state index contributed by atoms with van der Waals surface area (Å²) in [6, 6.07) is 8.06. The van der Waals surface area contributed by atoms with Crippen LogP contribution < -0.4 is 10.1 Å². The summed E-state index contributed by atoms with van der Waals surface area (Å²) in [6.45, 7) is 4.57. The third-order valence-electron chi connectivity index (χ3n) is 3.24. The molecule has 0 aliphatic carbocycles. The zero-order valence-electron chi connectivity index (χ0n) is 11.6. The maximum atomic E-state index is 11.2. The summed E-state index contributed by atoms with van der Waals surface area (Å²) in [5, 5.41) is 3.33. The van der Waals surface area contributed by atoms with Crippen molar-refractivity contribution in [3.8, 4) is 5.75 Å². The van der Waals surface area contributed by atoms with E-state index in [0.29, 0.717) is 6.54 Å². The van der Waals surface area contributed by atoms with Crippen LogP contribution in [0.4, 0.5) is 0 Å². The van der Waals surface area contributed by atoms with E-state index in [4.69, 9.17) is 4.74 Å². The lowest BCUT2D eigenvalue weighted by atomic mass is 9.90. The van der Waals surface area contributed by atoms with E-state index >= 15 is 0 Å². The summed E-state index contributed by atoms with van der Waals surface area (Å²) < 4.78 is 28.3. The van der Waals surface area contributed by atoms with Crippen LogP contribution in [0.3, 0.4) is 0 Å². The highest BCUT2D eigenvalue weighted by Gasteiger charge is 2.33. The van der Waals surface area contributed by atoms with Crippen molar-refractivity contribution in [3.63, 3.8) is 0 Å². The molecule has 0 saturated heterocycles. The number of rotatable bonds is 4. The number of hydrogen-bond donors (Lipinski definition) is 1. The topological polar surface area (TPSA) is 55.4 Å². The zero-order chi connectivity index (χ0) is 14.1. The summed E-state index contributed by atoms with van der Waals surface area (Å²) in [5.74, 6) is 1.04. The first-order valence-electron chi connectivity index (χ1n) is 6.46. The number of para-hydroxylation sites is 1. The van der Waals surface area contributed by atoms with E-state index in [-0.39, 0.29) is 17.4 Å². The van der Waals surface area contributed by atoms with Gasteiger partial charge in [-0.2, -0.15) is 0 Å². The molecular formula is C14H21NO3S. The number of benzene rings is 1. The van der Waals surface area contributed by atoms with Gasteiger partial charge in [0.05, 0.1) is 5.75 Å². The molecule has 5 heteroatoms. The maximum absolute atomic E-state index is 11.2. The number of nitrogens with one attached hydrogen (secondary N) is 1. The van der Waals surface area contributed by atoms with Crippen LogP contribution >= 0.6 is 0 Å². The Hall–Kier alpha value is -1.07. The van der Waals surface area contributed by atoms with Gasteiger partial charge in [0.1, 0.15) is 21.2 Å². The van der Waals surface area contributed by atoms with E-state index in [0.717, 1.165) is 17.7 Å². The van der Waals surface area contributed by atoms with Gasteiger partial charge in [-0.05, 0) is 19.9 Å². The lowest BCUT2D eigenvalue weighted by Crippen LogP contribution is -2.40. The second-order valence-corrected chi connectivity index (χ2v) is 8.00. The predicted molar refractivity (Wildman–Crippen MR) is 76.2 cm³/mol. The first-order valence-corrected chi connectivity index (χ1v) is 8.52. The Morgan fingerprint density at radius 1 is 1.37 bits per heavy atom. The van der Waals surface area contributed by atoms with Crippen LogP contribution in [0.15, 0.2) is 24.3 Å². The minimum atomic E-state index is -2.92. The second-order valence-electron chi connectivity index (χ2n) is 5.74. The third kappa shape index (κ3) is 3.94. The number of hydrogen-bond acceptors (Lipinski definition) is 4. The van der Waals surface area contributed by atoms with E-state index in [1.165, 1.54) is 6.26 Å². The molecule has 1 aliphatic heterocycles. The van der Waals surface area contributed by atoms with E-state index < -0.39 is 9.84 Å². The monoisotopic (exact) mass is 283 g/mol. The van der Waals surface area contributed by atoms with Gasteiger partial charge in [-0.1, -0.05) is 18.2 Å². The molecule has 4 nitrogen and oxygen atoms in total. The van der Waals surface area contributed by atoms with Gasteiger partial charge in [-0.25, -0.2) is 8.42 Å². The average molecular weight is 283 g/mol. The van der Waals surface area contributed by atoms with Crippen LogP contribution in [0.1, 0.15) is 31.9 Å². The van der Waals surface area contributed by atoms with E-state index in [1.54, 1.807) is 0 Å². The summed E-state index contributed by atoms with van der Waals surface area (Å²) in [6.07, 6.45) is 2.09. The Labute approximate surface area is 115 Å². The molecule has 0 fully saturated rings. The summed E-state index contributed by atoms with van der Waals surface area (Å²) in [5.41, 5.74) is 0.868. The van der Waals surface area contributed by atoms with Crippen molar-refractivity contribution in [3.05, 3.63) is 29.8 Å². The SMILES string of the molecule is CC1(C)CC(NCCS(C)(=O)=O)c2ccccc2O1. The van der Waals surface area contributed by atoms with E-state index in [1.807, 2.05) is 38.1 Å². The lowest BCUT2D eigenvalue weighted by molar-refractivity contribution is 0.0665. The minimum Gasteiger partial charge on any atom is -0.487 e. The molecule has 1 unspecified atom stereocenters. The first-order chi connectivity index (χ1) is 8.77. The molecule has 0 aromatic heterocycles. The molecule has 0 saturated carbocycles. The molecule has 1 aliphatic rings. The highest BCUT2D eigenvalue weighted by atomic mass is 32.2. The van der Waals surface area contributed by atoms with Crippen molar-refractivity contribution >= 4 is 9.84 Å². The van der Waals surface area contributed by atoms with Crippen LogP contribution in [-0.2, 0) is 9.84 Å². The average Bonchev–Trinajstić information content (AvgIpc) is 2.25. The van der Waals surface area contributed by atoms with Gasteiger partial charge >= 0.3 is 0 Å². The van der Waals surface area contributed by atoms with Crippen molar-refractivity contribution in [2.75, 3.05) is 18.6 Å². The normalized spacial score (nSPS) is 21.5. The van der Waals surface area contributed by atoms with Crippen LogP contribution in [0.2, 0.25) is 0 Å². The highest BCUT2D eigenvalue weighted by molar-refractivity contribution is 7.90. The van der Waals surface area contributed by atoms with E-state index in [9.17, 15) is 8.42 Å². The Morgan fingerprint density at radius 2 is 2.05 bits per heavy atom. The Balaban J connectivity index is 2.12. The number of ether oxygens (including phenoxy) is 1. The lowest BCUT2D eigenvalue weighted by Gasteiger charge is -2.38. The van der Waals surface area contributed by atoms with Gasteiger partial charge in [-0.3, -0.25) is 0 Å². The van der Waals surface area contributed by atoms with Crippen LogP contribution in [-0.4, -0.2) is 32.6 Å². The number of fused-ring (bicyclic) bond motifs is 1. The molecule has 1 N–H and O–H groups in total. The molecule has 0 spiro atoms. The molecule has 106 valence electrons. The fourth-order valence-electron chi connectivity index (χ4n) is 2.40. The molecule has 1 aromatic carbocycles. The molecule has 19 heavy (non-hydrogen) atoms. The molecule has 0 radical (unpaired) electrons. The molecule has 0 bridgehead atoms. The second kappa shape index (κ2) is 5.13. The Morgan fingerprint density at radius 3 is 2.74 bits per heavy atom. The van der Waals surface area contributed by atoms with Gasteiger partial charge < -0.3 is 10.1 Å². The molecule has 0 amide bonds. The van der Waals surface area contributed by atoms with E-state index in [2.05, 4.69) is 5.32 Å². The van der Waals surface area contributed by atoms with Gasteiger partial charge in [-0.15, -0.1) is 0 Å². The number of sulfone groups is 1. The summed E-state index contributed by atoms with van der Waals surface area (Å²) in [7, 11) is -2.92. The smallest absolute Gasteiger partial charge is 0.148 e. The minimum absolute atomic E-state index is 0.140. The standard InChI is InChI=1S/C14H21NO3S/c1-14(2)10-12(15-8-9-19(3,16)17)11-6-4-5-7-13(11)18-14/h4-7,12,15H,8-10H2,1-3H3. The fraction of sp³-hybridized carbons (Fsp3) is 0.571. The van der Waals surface area contributed by atoms with Gasteiger partial charge in [0, 0.05) is 30.8 Å². The highest BCUT2D eigenvalue weighted by Crippen LogP contribution is 2.38. The van der Waals surface area contributed by atoms with Crippen molar-refractivity contribution in [2.45, 2.75) is 31.9 Å². The molecule has 1 aromatic rings. The van der Waals surface area contributed by atoms with Gasteiger partial charge in [0.2, 0.25) is 0 Å². The quantitative estimate of drug-likeness (QED) is 0.917. The molecule has 2 rings (SSSR count). The first kappa shape index (κ1) is 14.3. The van der Waals surface area contributed by atoms with Crippen molar-refractivity contribution in [1.29, 1.82) is 0 Å². The van der Waals surface area contributed by atoms with Crippen LogP contribution in [0, 0.1) is 0 Å². The van der Waals surface area contributed by atoms with Gasteiger partial charge in [0.15, 0.2) is 0 Å². The van der Waals surface area contributed by atoms with Gasteiger partial charge in [0.25, 0.3) is 0 Å². The largest absolute Gasteiger partial charge is 0.487 e. The Kier molecular flexibility index (Phi) is 3.87. The third-order valence-corrected chi connectivity index (χ3v) is 4.19. The molecule has 1 heterocycles. The van der Waals surface area contributed by atoms with Crippen molar-refractivity contribution in [1.82, 2.24) is 5.32 Å².